The molecule has 10 nitrogen and oxygen atoms in total. The molecule has 0 aromatic heterocycles. The Bertz CT molecular complexity index is 1460. The second-order valence-electron chi connectivity index (χ2n) is 11.9. The number of nitrogens with one attached hydrogen (secondary N) is 1. The van der Waals surface area contributed by atoms with Gasteiger partial charge < -0.3 is 34.5 Å². The van der Waals surface area contributed by atoms with Crippen LogP contribution in [0.25, 0.3) is 0 Å². The molecular formula is C36H44N2O8. The number of methoxy groups -OCH3 is 2. The van der Waals surface area contributed by atoms with Gasteiger partial charge >= 0.3 is 5.97 Å². The lowest BCUT2D eigenvalue weighted by molar-refractivity contribution is -0.253. The monoisotopic (exact) mass is 632 g/mol. The normalized spacial score (nSPS) is 19.7. The third-order valence-electron chi connectivity index (χ3n) is 8.63. The van der Waals surface area contributed by atoms with E-state index < -0.39 is 12.3 Å². The Labute approximate surface area is 270 Å². The van der Waals surface area contributed by atoms with Crippen LogP contribution in [0.2, 0.25) is 0 Å². The van der Waals surface area contributed by atoms with Crippen LogP contribution >= 0.6 is 0 Å². The van der Waals surface area contributed by atoms with Gasteiger partial charge in [0.2, 0.25) is 5.91 Å². The summed E-state index contributed by atoms with van der Waals surface area (Å²) in [5, 5.41) is 21.2. The molecule has 5 rings (SSSR count). The molecule has 1 fully saturated rings. The van der Waals surface area contributed by atoms with Crippen molar-refractivity contribution in [3.63, 3.8) is 0 Å². The van der Waals surface area contributed by atoms with E-state index in [9.17, 15) is 14.7 Å². The highest BCUT2D eigenvalue weighted by atomic mass is 16.7. The van der Waals surface area contributed by atoms with Crippen LogP contribution in [-0.2, 0) is 38.6 Å². The minimum Gasteiger partial charge on any atom is -0.493 e. The summed E-state index contributed by atoms with van der Waals surface area (Å²) in [5.41, 5.74) is 5.91. The molecule has 0 spiro atoms. The van der Waals surface area contributed by atoms with Gasteiger partial charge in [0.05, 0.1) is 33.0 Å². The minimum atomic E-state index is -0.813. The van der Waals surface area contributed by atoms with Gasteiger partial charge in [-0.15, -0.1) is 0 Å². The van der Waals surface area contributed by atoms with Gasteiger partial charge in [-0.3, -0.25) is 14.5 Å². The van der Waals surface area contributed by atoms with Crippen molar-refractivity contribution >= 4 is 17.6 Å². The molecule has 0 bridgehead atoms. The Morgan fingerprint density at radius 2 is 1.57 bits per heavy atom. The number of amides is 1. The number of aliphatic hydroxyl groups excluding tert-OH is 1. The number of carboxylic acid groups (broad SMARTS) is 1. The highest BCUT2D eigenvalue weighted by Crippen LogP contribution is 2.39. The number of carbonyl (C=O) groups is 2. The molecule has 3 N–H and O–H groups in total. The summed E-state index contributed by atoms with van der Waals surface area (Å²) in [6.07, 6.45) is 3.09. The number of benzene rings is 3. The Balaban J connectivity index is 1.25. The largest absolute Gasteiger partial charge is 0.493 e. The van der Waals surface area contributed by atoms with E-state index in [2.05, 4.69) is 22.3 Å². The zero-order valence-electron chi connectivity index (χ0n) is 26.6. The van der Waals surface area contributed by atoms with Gasteiger partial charge in [-0.1, -0.05) is 42.8 Å². The highest BCUT2D eigenvalue weighted by molar-refractivity contribution is 5.90. The van der Waals surface area contributed by atoms with Crippen LogP contribution in [0.4, 0.5) is 5.69 Å². The number of carboxylic acids is 1. The van der Waals surface area contributed by atoms with Crippen molar-refractivity contribution in [3.05, 3.63) is 88.5 Å². The standard InChI is InChI=1S/C36H44N2O8/c1-43-32-18-27-16-17-38(21-28(27)19-33(32)44-2)22-30-20-31(25-10-8-24(23-39)9-11-25)46-36(45-30)26-12-14-29(15-13-26)37-34(40)6-4-3-5-7-35(41)42/h8-15,18-19,30-31,36,39H,3-7,16-17,20-23H2,1-2H3,(H,37,40)(H,41,42). The molecule has 3 unspecified atom stereocenters. The lowest BCUT2D eigenvalue weighted by atomic mass is 9.97. The van der Waals surface area contributed by atoms with Crippen molar-refractivity contribution < 1.29 is 38.7 Å². The molecule has 0 aliphatic carbocycles. The predicted molar refractivity (Wildman–Crippen MR) is 173 cm³/mol. The molecular weight excluding hydrogens is 588 g/mol. The molecule has 3 atom stereocenters. The third kappa shape index (κ3) is 8.85. The lowest BCUT2D eigenvalue weighted by Crippen LogP contribution is -2.41. The first kappa shape index (κ1) is 33.4. The number of ether oxygens (including phenoxy) is 4. The van der Waals surface area contributed by atoms with Crippen LogP contribution in [0.1, 0.15) is 78.7 Å². The highest BCUT2D eigenvalue weighted by Gasteiger charge is 2.34. The van der Waals surface area contributed by atoms with Crippen molar-refractivity contribution in [2.24, 2.45) is 0 Å². The second-order valence-corrected chi connectivity index (χ2v) is 11.9. The molecule has 2 aliphatic heterocycles. The van der Waals surface area contributed by atoms with Gasteiger partial charge in [0.25, 0.3) is 0 Å². The Kier molecular flexibility index (Phi) is 11.7. The fourth-order valence-corrected chi connectivity index (χ4v) is 6.10. The molecule has 0 radical (unpaired) electrons. The SMILES string of the molecule is COc1cc2c(cc1OC)CN(CC1CC(c3ccc(CO)cc3)OC(c3ccc(NC(=O)CCCCCC(=O)O)cc3)O1)CC2. The molecule has 46 heavy (non-hydrogen) atoms. The quantitative estimate of drug-likeness (QED) is 0.190. The molecule has 0 saturated carbocycles. The van der Waals surface area contributed by atoms with Gasteiger partial charge in [0.1, 0.15) is 0 Å². The molecule has 3 aromatic rings. The summed E-state index contributed by atoms with van der Waals surface area (Å²) in [6, 6.07) is 19.5. The fraction of sp³-hybridized carbons (Fsp3) is 0.444. The van der Waals surface area contributed by atoms with Crippen molar-refractivity contribution in [3.8, 4) is 11.5 Å². The Morgan fingerprint density at radius 3 is 2.24 bits per heavy atom. The Morgan fingerprint density at radius 1 is 0.891 bits per heavy atom. The van der Waals surface area contributed by atoms with Crippen LogP contribution in [0.15, 0.2) is 60.7 Å². The van der Waals surface area contributed by atoms with Crippen molar-refractivity contribution in [2.75, 3.05) is 32.6 Å². The van der Waals surface area contributed by atoms with Crippen molar-refractivity contribution in [1.82, 2.24) is 4.90 Å². The number of unbranched alkanes of at least 4 members (excludes halogenated alkanes) is 2. The topological polar surface area (TPSA) is 127 Å². The second kappa shape index (κ2) is 16.0. The fourth-order valence-electron chi connectivity index (χ4n) is 6.10. The summed E-state index contributed by atoms with van der Waals surface area (Å²) >= 11 is 0. The average Bonchev–Trinajstić information content (AvgIpc) is 3.07. The molecule has 10 heteroatoms. The van der Waals surface area contributed by atoms with Gasteiger partial charge in [-0.05, 0) is 65.8 Å². The van der Waals surface area contributed by atoms with Gasteiger partial charge in [-0.25, -0.2) is 0 Å². The van der Waals surface area contributed by atoms with Crippen molar-refractivity contribution in [1.29, 1.82) is 0 Å². The van der Waals surface area contributed by atoms with E-state index in [-0.39, 0.29) is 31.1 Å². The first-order valence-electron chi connectivity index (χ1n) is 15.9. The smallest absolute Gasteiger partial charge is 0.303 e. The van der Waals surface area contributed by atoms with E-state index in [1.807, 2.05) is 48.5 Å². The van der Waals surface area contributed by atoms with Crippen LogP contribution in [0, 0.1) is 0 Å². The van der Waals surface area contributed by atoms with E-state index in [1.54, 1.807) is 14.2 Å². The Hall–Kier alpha value is -3.96. The summed E-state index contributed by atoms with van der Waals surface area (Å²) in [6.45, 7) is 2.41. The van der Waals surface area contributed by atoms with Crippen LogP contribution < -0.4 is 14.8 Å². The summed E-state index contributed by atoms with van der Waals surface area (Å²) in [7, 11) is 3.31. The van der Waals surface area contributed by atoms with Crippen LogP contribution in [-0.4, -0.2) is 60.4 Å². The third-order valence-corrected chi connectivity index (χ3v) is 8.63. The van der Waals surface area contributed by atoms with E-state index in [0.29, 0.717) is 37.8 Å². The average molecular weight is 633 g/mol. The molecule has 246 valence electrons. The summed E-state index contributed by atoms with van der Waals surface area (Å²) in [4.78, 5) is 25.5. The summed E-state index contributed by atoms with van der Waals surface area (Å²) in [5.74, 6) is 0.567. The zero-order chi connectivity index (χ0) is 32.5. The van der Waals surface area contributed by atoms with Gasteiger partial charge in [-0.2, -0.15) is 0 Å². The number of anilines is 1. The number of aliphatic carboxylic acids is 1. The van der Waals surface area contributed by atoms with E-state index in [4.69, 9.17) is 24.1 Å². The van der Waals surface area contributed by atoms with Gasteiger partial charge in [0, 0.05) is 50.1 Å². The van der Waals surface area contributed by atoms with E-state index in [1.165, 1.54) is 11.1 Å². The predicted octanol–water partition coefficient (Wildman–Crippen LogP) is 5.77. The number of hydrogen-bond acceptors (Lipinski definition) is 8. The zero-order valence-corrected chi connectivity index (χ0v) is 26.6. The van der Waals surface area contributed by atoms with E-state index >= 15 is 0 Å². The number of aliphatic hydroxyl groups is 1. The lowest BCUT2D eigenvalue weighted by Gasteiger charge is -2.39. The minimum absolute atomic E-state index is 0.0130. The van der Waals surface area contributed by atoms with Crippen molar-refractivity contribution in [2.45, 2.75) is 76.6 Å². The maximum Gasteiger partial charge on any atom is 0.303 e. The molecule has 1 amide bonds. The number of hydrogen-bond donors (Lipinski definition) is 3. The van der Waals surface area contributed by atoms with Gasteiger partial charge in [0.15, 0.2) is 17.8 Å². The first-order chi connectivity index (χ1) is 22.3. The number of rotatable bonds is 14. The number of carbonyl (C=O) groups excluding carboxylic acids is 1. The maximum absolute atomic E-state index is 12.4. The molecule has 2 heterocycles. The molecule has 2 aliphatic rings. The molecule has 3 aromatic carbocycles. The van der Waals surface area contributed by atoms with Crippen LogP contribution in [0.3, 0.4) is 0 Å². The van der Waals surface area contributed by atoms with E-state index in [0.717, 1.165) is 54.2 Å². The van der Waals surface area contributed by atoms with Crippen LogP contribution in [0.5, 0.6) is 11.5 Å². The number of fused-ring (bicyclic) bond motifs is 1. The first-order valence-corrected chi connectivity index (χ1v) is 15.9. The molecule has 1 saturated heterocycles. The number of nitrogens with zero attached hydrogens (tertiary/aromatic N) is 1. The summed E-state index contributed by atoms with van der Waals surface area (Å²) < 4.78 is 24.1. The maximum atomic E-state index is 12.4.